The van der Waals surface area contributed by atoms with Crippen LogP contribution in [0.25, 0.3) is 0 Å². The van der Waals surface area contributed by atoms with Crippen molar-refractivity contribution in [2.75, 3.05) is 6.54 Å². The number of aryl methyl sites for hydroxylation is 1. The second-order valence-corrected chi connectivity index (χ2v) is 4.84. The lowest BCUT2D eigenvalue weighted by molar-refractivity contribution is 0.344. The molecule has 0 amide bonds. The van der Waals surface area contributed by atoms with Gasteiger partial charge in [-0.25, -0.2) is 0 Å². The van der Waals surface area contributed by atoms with Gasteiger partial charge in [-0.1, -0.05) is 25.7 Å². The summed E-state index contributed by atoms with van der Waals surface area (Å²) in [6, 6.07) is 0. The van der Waals surface area contributed by atoms with E-state index >= 15 is 0 Å². The van der Waals surface area contributed by atoms with Crippen LogP contribution >= 0.6 is 0 Å². The Balaban J connectivity index is 2.31. The van der Waals surface area contributed by atoms with Crippen molar-refractivity contribution < 1.29 is 0 Å². The second-order valence-electron chi connectivity index (χ2n) is 4.84. The van der Waals surface area contributed by atoms with Crippen LogP contribution in [0, 0.1) is 0 Å². The maximum atomic E-state index is 6.04. The van der Waals surface area contributed by atoms with Gasteiger partial charge in [0.1, 0.15) is 12.2 Å². The number of nitrogens with zero attached hydrogens (tertiary/aromatic N) is 3. The number of hydrogen-bond donors (Lipinski definition) is 1. The number of aromatic nitrogens is 3. The van der Waals surface area contributed by atoms with Gasteiger partial charge in [-0.05, 0) is 19.8 Å². The Bertz CT molecular complexity index is 324. The lowest BCUT2D eigenvalue weighted by Gasteiger charge is -2.30. The topological polar surface area (TPSA) is 56.7 Å². The monoisotopic (exact) mass is 222 g/mol. The molecule has 90 valence electrons. The summed E-state index contributed by atoms with van der Waals surface area (Å²) in [5.41, 5.74) is 6.13. The van der Waals surface area contributed by atoms with Gasteiger partial charge in [-0.3, -0.25) is 0 Å². The van der Waals surface area contributed by atoms with Crippen molar-refractivity contribution in [1.29, 1.82) is 0 Å². The van der Waals surface area contributed by atoms with Crippen molar-refractivity contribution in [1.82, 2.24) is 14.8 Å². The van der Waals surface area contributed by atoms with Gasteiger partial charge in [0, 0.05) is 18.5 Å². The molecule has 1 aromatic heterocycles. The van der Waals surface area contributed by atoms with Crippen LogP contribution < -0.4 is 5.73 Å². The van der Waals surface area contributed by atoms with Gasteiger partial charge in [0.2, 0.25) is 0 Å². The highest BCUT2D eigenvalue weighted by Crippen LogP contribution is 2.36. The standard InChI is InChI=1S/C12H22N4/c1-2-16-10-14-15-11(16)12(9-13)7-5-3-4-6-8-12/h10H,2-9,13H2,1H3. The molecule has 0 saturated heterocycles. The molecule has 0 radical (unpaired) electrons. The summed E-state index contributed by atoms with van der Waals surface area (Å²) >= 11 is 0. The zero-order valence-electron chi connectivity index (χ0n) is 10.2. The summed E-state index contributed by atoms with van der Waals surface area (Å²) in [6.45, 7) is 3.77. The molecule has 4 nitrogen and oxygen atoms in total. The summed E-state index contributed by atoms with van der Waals surface area (Å²) in [5.74, 6) is 1.11. The highest BCUT2D eigenvalue weighted by molar-refractivity contribution is 5.10. The highest BCUT2D eigenvalue weighted by Gasteiger charge is 2.35. The summed E-state index contributed by atoms with van der Waals surface area (Å²) in [7, 11) is 0. The molecule has 1 fully saturated rings. The van der Waals surface area contributed by atoms with Crippen LogP contribution in [0.3, 0.4) is 0 Å². The van der Waals surface area contributed by atoms with E-state index in [2.05, 4.69) is 21.7 Å². The Morgan fingerprint density at radius 3 is 2.56 bits per heavy atom. The highest BCUT2D eigenvalue weighted by atomic mass is 15.3. The van der Waals surface area contributed by atoms with Gasteiger partial charge in [0.15, 0.2) is 0 Å². The average molecular weight is 222 g/mol. The van der Waals surface area contributed by atoms with E-state index in [1.54, 1.807) is 0 Å². The molecule has 1 aliphatic rings. The van der Waals surface area contributed by atoms with Gasteiger partial charge in [-0.2, -0.15) is 0 Å². The van der Waals surface area contributed by atoms with Crippen LogP contribution in [0.15, 0.2) is 6.33 Å². The Kier molecular flexibility index (Phi) is 3.59. The summed E-state index contributed by atoms with van der Waals surface area (Å²) < 4.78 is 2.15. The Morgan fingerprint density at radius 2 is 2.00 bits per heavy atom. The minimum absolute atomic E-state index is 0.0863. The molecule has 0 bridgehead atoms. The maximum Gasteiger partial charge on any atom is 0.140 e. The molecule has 0 aromatic carbocycles. The first-order valence-electron chi connectivity index (χ1n) is 6.41. The first-order valence-corrected chi connectivity index (χ1v) is 6.41. The molecule has 0 spiro atoms. The van der Waals surface area contributed by atoms with Gasteiger partial charge >= 0.3 is 0 Å². The van der Waals surface area contributed by atoms with Crippen LogP contribution in [-0.2, 0) is 12.0 Å². The third-order valence-electron chi connectivity index (χ3n) is 3.88. The van der Waals surface area contributed by atoms with Crippen molar-refractivity contribution in [3.8, 4) is 0 Å². The van der Waals surface area contributed by atoms with Crippen molar-refractivity contribution >= 4 is 0 Å². The Morgan fingerprint density at radius 1 is 1.31 bits per heavy atom. The van der Waals surface area contributed by atoms with Crippen LogP contribution in [0.2, 0.25) is 0 Å². The Labute approximate surface area is 97.2 Å². The fourth-order valence-electron chi connectivity index (χ4n) is 2.82. The van der Waals surface area contributed by atoms with Gasteiger partial charge in [-0.15, -0.1) is 10.2 Å². The molecule has 16 heavy (non-hydrogen) atoms. The van der Waals surface area contributed by atoms with Crippen molar-refractivity contribution in [2.45, 2.75) is 57.4 Å². The third kappa shape index (κ3) is 1.98. The van der Waals surface area contributed by atoms with E-state index in [1.807, 2.05) is 6.33 Å². The van der Waals surface area contributed by atoms with E-state index in [4.69, 9.17) is 5.73 Å². The number of rotatable bonds is 3. The van der Waals surface area contributed by atoms with E-state index in [0.717, 1.165) is 12.4 Å². The molecule has 1 aliphatic carbocycles. The fraction of sp³-hybridized carbons (Fsp3) is 0.833. The minimum Gasteiger partial charge on any atom is -0.329 e. The van der Waals surface area contributed by atoms with E-state index in [0.29, 0.717) is 6.54 Å². The second kappa shape index (κ2) is 4.95. The van der Waals surface area contributed by atoms with E-state index in [-0.39, 0.29) is 5.41 Å². The summed E-state index contributed by atoms with van der Waals surface area (Å²) in [5, 5.41) is 8.38. The number of hydrogen-bond acceptors (Lipinski definition) is 3. The normalized spacial score (nSPS) is 20.6. The molecule has 0 unspecified atom stereocenters. The zero-order valence-corrected chi connectivity index (χ0v) is 10.2. The van der Waals surface area contributed by atoms with Crippen molar-refractivity contribution in [3.05, 3.63) is 12.2 Å². The zero-order chi connectivity index (χ0) is 11.4. The molecule has 2 N–H and O–H groups in total. The molecule has 1 aromatic rings. The SMILES string of the molecule is CCn1cnnc1C1(CN)CCCCCC1. The quantitative estimate of drug-likeness (QED) is 0.794. The predicted molar refractivity (Wildman–Crippen MR) is 64.1 cm³/mol. The predicted octanol–water partition coefficient (Wildman–Crippen LogP) is 1.85. The lowest BCUT2D eigenvalue weighted by atomic mass is 9.79. The molecule has 0 atom stereocenters. The fourth-order valence-corrected chi connectivity index (χ4v) is 2.82. The van der Waals surface area contributed by atoms with Crippen LogP contribution in [0.1, 0.15) is 51.3 Å². The molecular weight excluding hydrogens is 200 g/mol. The van der Waals surface area contributed by atoms with Crippen LogP contribution in [0.4, 0.5) is 0 Å². The maximum absolute atomic E-state index is 6.04. The van der Waals surface area contributed by atoms with Gasteiger partial charge in [0.05, 0.1) is 0 Å². The summed E-state index contributed by atoms with van der Waals surface area (Å²) in [6.07, 6.45) is 9.38. The summed E-state index contributed by atoms with van der Waals surface area (Å²) in [4.78, 5) is 0. The van der Waals surface area contributed by atoms with Gasteiger partial charge in [0.25, 0.3) is 0 Å². The lowest BCUT2D eigenvalue weighted by Crippen LogP contribution is -2.37. The van der Waals surface area contributed by atoms with Gasteiger partial charge < -0.3 is 10.3 Å². The van der Waals surface area contributed by atoms with Crippen LogP contribution in [-0.4, -0.2) is 21.3 Å². The first kappa shape index (κ1) is 11.6. The molecule has 1 heterocycles. The van der Waals surface area contributed by atoms with E-state index in [1.165, 1.54) is 38.5 Å². The first-order chi connectivity index (χ1) is 7.82. The molecule has 2 rings (SSSR count). The third-order valence-corrected chi connectivity index (χ3v) is 3.88. The van der Waals surface area contributed by atoms with Crippen molar-refractivity contribution in [3.63, 3.8) is 0 Å². The smallest absolute Gasteiger partial charge is 0.140 e. The molecule has 1 saturated carbocycles. The average Bonchev–Trinajstić information content (AvgIpc) is 2.67. The largest absolute Gasteiger partial charge is 0.329 e. The van der Waals surface area contributed by atoms with E-state index < -0.39 is 0 Å². The molecule has 0 aliphatic heterocycles. The Hall–Kier alpha value is -0.900. The molecular formula is C12H22N4. The molecule has 4 heteroatoms. The van der Waals surface area contributed by atoms with Crippen molar-refractivity contribution in [2.24, 2.45) is 5.73 Å². The van der Waals surface area contributed by atoms with E-state index in [9.17, 15) is 0 Å². The number of nitrogens with two attached hydrogens (primary N) is 1. The van der Waals surface area contributed by atoms with Crippen LogP contribution in [0.5, 0.6) is 0 Å². The minimum atomic E-state index is 0.0863.